The predicted molar refractivity (Wildman–Crippen MR) is 67.6 cm³/mol. The molecule has 0 atom stereocenters. The maximum Gasteiger partial charge on any atom is 0.416 e. The summed E-state index contributed by atoms with van der Waals surface area (Å²) in [5.41, 5.74) is -1.20. The van der Waals surface area contributed by atoms with Crippen LogP contribution in [0.5, 0.6) is 0 Å². The first-order valence-corrected chi connectivity index (χ1v) is 6.75. The van der Waals surface area contributed by atoms with E-state index < -0.39 is 17.2 Å². The lowest BCUT2D eigenvalue weighted by molar-refractivity contribution is -0.143. The van der Waals surface area contributed by atoms with E-state index in [4.69, 9.17) is 4.74 Å². The number of aromatic nitrogens is 1. The highest BCUT2D eigenvalue weighted by Crippen LogP contribution is 2.51. The number of fused-ring (bicyclic) bond motifs is 1. The second-order valence-electron chi connectivity index (χ2n) is 4.77. The Balaban J connectivity index is 2.06. The number of carbonyl (C=O) groups is 1. The zero-order chi connectivity index (χ0) is 14.5. The van der Waals surface area contributed by atoms with Gasteiger partial charge in [0, 0.05) is 0 Å². The molecule has 106 valence electrons. The number of halogens is 3. The maximum atomic E-state index is 12.7. The highest BCUT2D eigenvalue weighted by molar-refractivity contribution is 7.18. The predicted octanol–water partition coefficient (Wildman–Crippen LogP) is 3.52. The molecule has 0 amide bonds. The molecule has 1 aromatic heterocycles. The van der Waals surface area contributed by atoms with Gasteiger partial charge in [0.1, 0.15) is 10.4 Å². The molecule has 0 saturated heterocycles. The third kappa shape index (κ3) is 1.96. The van der Waals surface area contributed by atoms with Gasteiger partial charge in [-0.3, -0.25) is 4.79 Å². The van der Waals surface area contributed by atoms with Crippen molar-refractivity contribution < 1.29 is 22.7 Å². The van der Waals surface area contributed by atoms with Crippen LogP contribution in [0.25, 0.3) is 10.2 Å². The van der Waals surface area contributed by atoms with E-state index >= 15 is 0 Å². The molecule has 0 unspecified atom stereocenters. The van der Waals surface area contributed by atoms with Gasteiger partial charge in [0.05, 0.1) is 22.9 Å². The Kier molecular flexibility index (Phi) is 2.79. The minimum Gasteiger partial charge on any atom is -0.468 e. The SMILES string of the molecule is COC(=O)C1(c2nc3cc(C(F)(F)F)ccc3s2)CC1. The molecule has 0 bridgehead atoms. The molecule has 0 spiro atoms. The van der Waals surface area contributed by atoms with Crippen LogP contribution in [0.4, 0.5) is 13.2 Å². The van der Waals surface area contributed by atoms with Crippen LogP contribution >= 0.6 is 11.3 Å². The van der Waals surface area contributed by atoms with Gasteiger partial charge in [-0.25, -0.2) is 4.98 Å². The molecule has 0 aliphatic heterocycles. The molecule has 2 aromatic rings. The zero-order valence-electron chi connectivity index (χ0n) is 10.5. The molecular weight excluding hydrogens is 291 g/mol. The smallest absolute Gasteiger partial charge is 0.416 e. The van der Waals surface area contributed by atoms with Crippen molar-refractivity contribution in [2.45, 2.75) is 24.4 Å². The Morgan fingerprint density at radius 3 is 2.65 bits per heavy atom. The molecule has 3 nitrogen and oxygen atoms in total. The summed E-state index contributed by atoms with van der Waals surface area (Å²) in [5.74, 6) is -0.368. The van der Waals surface area contributed by atoms with Crippen LogP contribution in [0.15, 0.2) is 18.2 Å². The zero-order valence-corrected chi connectivity index (χ0v) is 11.3. The topological polar surface area (TPSA) is 39.2 Å². The second kappa shape index (κ2) is 4.18. The quantitative estimate of drug-likeness (QED) is 0.797. The number of hydrogen-bond acceptors (Lipinski definition) is 4. The molecule has 0 N–H and O–H groups in total. The van der Waals surface area contributed by atoms with Crippen molar-refractivity contribution in [1.82, 2.24) is 4.98 Å². The number of rotatable bonds is 2. The van der Waals surface area contributed by atoms with E-state index in [0.29, 0.717) is 22.5 Å². The van der Waals surface area contributed by atoms with Gasteiger partial charge in [0.2, 0.25) is 0 Å². The Morgan fingerprint density at radius 1 is 1.40 bits per heavy atom. The van der Waals surface area contributed by atoms with E-state index in [1.165, 1.54) is 24.5 Å². The van der Waals surface area contributed by atoms with E-state index in [0.717, 1.165) is 12.1 Å². The number of nitrogens with zero attached hydrogens (tertiary/aromatic N) is 1. The molecule has 0 radical (unpaired) electrons. The van der Waals surface area contributed by atoms with Crippen LogP contribution in [-0.2, 0) is 21.1 Å². The van der Waals surface area contributed by atoms with E-state index in [1.54, 1.807) is 0 Å². The summed E-state index contributed by atoms with van der Waals surface area (Å²) in [6, 6.07) is 3.44. The van der Waals surface area contributed by atoms with Crippen molar-refractivity contribution in [3.05, 3.63) is 28.8 Å². The van der Waals surface area contributed by atoms with Gasteiger partial charge in [0.25, 0.3) is 0 Å². The third-order valence-electron chi connectivity index (χ3n) is 3.45. The van der Waals surface area contributed by atoms with Crippen molar-refractivity contribution in [2.24, 2.45) is 0 Å². The van der Waals surface area contributed by atoms with Crippen LogP contribution in [0.2, 0.25) is 0 Å². The Morgan fingerprint density at radius 2 is 2.10 bits per heavy atom. The number of esters is 1. The number of methoxy groups -OCH3 is 1. The summed E-state index contributed by atoms with van der Waals surface area (Å²) in [5, 5.41) is 0.540. The van der Waals surface area contributed by atoms with Gasteiger partial charge in [-0.2, -0.15) is 13.2 Å². The largest absolute Gasteiger partial charge is 0.468 e. The van der Waals surface area contributed by atoms with E-state index in [1.807, 2.05) is 0 Å². The highest BCUT2D eigenvalue weighted by atomic mass is 32.1. The minimum atomic E-state index is -4.39. The van der Waals surface area contributed by atoms with Crippen molar-refractivity contribution in [3.63, 3.8) is 0 Å². The molecule has 7 heteroatoms. The molecule has 20 heavy (non-hydrogen) atoms. The Hall–Kier alpha value is -1.63. The number of thiazole rings is 1. The molecule has 1 fully saturated rings. The second-order valence-corrected chi connectivity index (χ2v) is 5.80. The Labute approximate surface area is 116 Å². The summed E-state index contributed by atoms with van der Waals surface area (Å²) >= 11 is 1.25. The fraction of sp³-hybridized carbons (Fsp3) is 0.385. The molecule has 3 rings (SSSR count). The van der Waals surface area contributed by atoms with Crippen molar-refractivity contribution in [3.8, 4) is 0 Å². The van der Waals surface area contributed by atoms with E-state index in [-0.39, 0.29) is 11.5 Å². The lowest BCUT2D eigenvalue weighted by atomic mass is 10.1. The summed E-state index contributed by atoms with van der Waals surface area (Å²) < 4.78 is 43.4. The fourth-order valence-electron chi connectivity index (χ4n) is 2.13. The van der Waals surface area contributed by atoms with Crippen LogP contribution in [0.1, 0.15) is 23.4 Å². The third-order valence-corrected chi connectivity index (χ3v) is 4.69. The number of benzene rings is 1. The van der Waals surface area contributed by atoms with Crippen molar-refractivity contribution in [2.75, 3.05) is 7.11 Å². The maximum absolute atomic E-state index is 12.7. The standard InChI is InChI=1S/C13H10F3NO2S/c1-19-11(18)12(4-5-12)10-17-8-6-7(13(14,15)16)2-3-9(8)20-10/h2-3,6H,4-5H2,1H3. The molecule has 1 aliphatic carbocycles. The van der Waals surface area contributed by atoms with Gasteiger partial charge >= 0.3 is 12.1 Å². The van der Waals surface area contributed by atoms with E-state index in [9.17, 15) is 18.0 Å². The summed E-state index contributed by atoms with van der Waals surface area (Å²) in [4.78, 5) is 16.0. The lowest BCUT2D eigenvalue weighted by Gasteiger charge is -2.07. The van der Waals surface area contributed by atoms with Gasteiger partial charge in [0.15, 0.2) is 0 Å². The monoisotopic (exact) mass is 301 g/mol. The Bertz CT molecular complexity index is 688. The average molecular weight is 301 g/mol. The number of carbonyl (C=O) groups excluding carboxylic acids is 1. The summed E-state index contributed by atoms with van der Waals surface area (Å²) in [7, 11) is 1.30. The first-order valence-electron chi connectivity index (χ1n) is 5.93. The molecule has 1 saturated carbocycles. The van der Waals surface area contributed by atoms with Gasteiger partial charge in [-0.05, 0) is 31.0 Å². The highest BCUT2D eigenvalue weighted by Gasteiger charge is 2.55. The van der Waals surface area contributed by atoms with Crippen LogP contribution < -0.4 is 0 Å². The van der Waals surface area contributed by atoms with Crippen LogP contribution in [0, 0.1) is 0 Å². The molecule has 1 heterocycles. The number of ether oxygens (including phenoxy) is 1. The first kappa shape index (κ1) is 13.4. The van der Waals surface area contributed by atoms with E-state index in [2.05, 4.69) is 4.98 Å². The van der Waals surface area contributed by atoms with Gasteiger partial charge < -0.3 is 4.74 Å². The van der Waals surface area contributed by atoms with Crippen LogP contribution in [0.3, 0.4) is 0 Å². The van der Waals surface area contributed by atoms with Gasteiger partial charge in [-0.15, -0.1) is 11.3 Å². The summed E-state index contributed by atoms with van der Waals surface area (Å²) in [6.07, 6.45) is -3.13. The first-order chi connectivity index (χ1) is 9.37. The van der Waals surface area contributed by atoms with Crippen LogP contribution in [-0.4, -0.2) is 18.1 Å². The van der Waals surface area contributed by atoms with Gasteiger partial charge in [-0.1, -0.05) is 0 Å². The van der Waals surface area contributed by atoms with Crippen molar-refractivity contribution >= 4 is 27.5 Å². The summed E-state index contributed by atoms with van der Waals surface area (Å²) in [6.45, 7) is 0. The average Bonchev–Trinajstić information content (AvgIpc) is 3.09. The molecule has 1 aliphatic rings. The molecular formula is C13H10F3NO2S. The van der Waals surface area contributed by atoms with Crippen molar-refractivity contribution in [1.29, 1.82) is 0 Å². The lowest BCUT2D eigenvalue weighted by Crippen LogP contribution is -2.21. The normalized spacial score (nSPS) is 17.2. The minimum absolute atomic E-state index is 0.273. The molecule has 1 aromatic carbocycles. The number of alkyl halides is 3. The number of hydrogen-bond donors (Lipinski definition) is 0. The fourth-order valence-corrected chi connectivity index (χ4v) is 3.31.